The number of hydrogen-bond donors (Lipinski definition) is 0. The molecule has 1 heterocycles. The van der Waals surface area contributed by atoms with Crippen molar-refractivity contribution in [1.82, 2.24) is 4.90 Å². The lowest BCUT2D eigenvalue weighted by Gasteiger charge is -2.36. The fraction of sp³-hybridized carbons (Fsp3) is 0.556. The summed E-state index contributed by atoms with van der Waals surface area (Å²) in [7, 11) is 0. The van der Waals surface area contributed by atoms with Gasteiger partial charge >= 0.3 is 0 Å². The van der Waals surface area contributed by atoms with Crippen molar-refractivity contribution in [3.05, 3.63) is 35.4 Å². The van der Waals surface area contributed by atoms with Gasteiger partial charge in [-0.2, -0.15) is 0 Å². The monoisotopic (exact) mass is 332 g/mol. The quantitative estimate of drug-likeness (QED) is 0.851. The standard InChI is InChI=1S/C18H23NO3S/c1-12-7-9-13(10-8-12)16(20)19-15(18(21)22)11-23-17(19)14-5-3-2-4-6-14/h7-10,14-15,17H,2-6,11H2,1H3,(H,21,22)/p-1/t15-,17-/m1/s1. The Morgan fingerprint density at radius 2 is 1.78 bits per heavy atom. The van der Waals surface area contributed by atoms with Crippen LogP contribution in [0, 0.1) is 12.8 Å². The van der Waals surface area contributed by atoms with E-state index >= 15 is 0 Å². The second-order valence-electron chi connectivity index (χ2n) is 6.54. The van der Waals surface area contributed by atoms with E-state index in [2.05, 4.69) is 0 Å². The van der Waals surface area contributed by atoms with Crippen LogP contribution in [0.4, 0.5) is 0 Å². The maximum absolute atomic E-state index is 12.9. The van der Waals surface area contributed by atoms with E-state index in [1.165, 1.54) is 19.3 Å². The second kappa shape index (κ2) is 6.95. The van der Waals surface area contributed by atoms with Gasteiger partial charge in [-0.25, -0.2) is 0 Å². The number of carboxylic acids is 1. The average Bonchev–Trinajstić information content (AvgIpc) is 3.01. The molecule has 2 fully saturated rings. The molecule has 0 unspecified atom stereocenters. The Balaban J connectivity index is 1.87. The molecule has 1 aromatic rings. The Hall–Kier alpha value is -1.49. The van der Waals surface area contributed by atoms with E-state index in [1.54, 1.807) is 28.8 Å². The van der Waals surface area contributed by atoms with E-state index in [9.17, 15) is 14.7 Å². The topological polar surface area (TPSA) is 60.4 Å². The van der Waals surface area contributed by atoms with Crippen LogP contribution in [0.5, 0.6) is 0 Å². The highest BCUT2D eigenvalue weighted by molar-refractivity contribution is 8.00. The Bertz CT molecular complexity index is 580. The van der Waals surface area contributed by atoms with Crippen molar-refractivity contribution < 1.29 is 14.7 Å². The number of hydrogen-bond acceptors (Lipinski definition) is 4. The molecule has 5 heteroatoms. The lowest BCUT2D eigenvalue weighted by atomic mass is 9.88. The number of amides is 1. The highest BCUT2D eigenvalue weighted by Crippen LogP contribution is 2.41. The number of nitrogens with zero attached hydrogens (tertiary/aromatic N) is 1. The zero-order chi connectivity index (χ0) is 16.4. The van der Waals surface area contributed by atoms with Crippen LogP contribution in [0.15, 0.2) is 24.3 Å². The molecule has 4 nitrogen and oxygen atoms in total. The molecule has 1 aromatic carbocycles. The van der Waals surface area contributed by atoms with Crippen molar-refractivity contribution in [2.24, 2.45) is 5.92 Å². The number of thioether (sulfide) groups is 1. The van der Waals surface area contributed by atoms with Gasteiger partial charge in [-0.05, 0) is 37.8 Å². The van der Waals surface area contributed by atoms with E-state index < -0.39 is 12.0 Å². The Morgan fingerprint density at radius 1 is 1.13 bits per heavy atom. The highest BCUT2D eigenvalue weighted by atomic mass is 32.2. The summed E-state index contributed by atoms with van der Waals surface area (Å²) in [5, 5.41) is 11.5. The van der Waals surface area contributed by atoms with Crippen molar-refractivity contribution in [1.29, 1.82) is 0 Å². The molecule has 23 heavy (non-hydrogen) atoms. The molecule has 124 valence electrons. The smallest absolute Gasteiger partial charge is 0.255 e. The Labute approximate surface area is 141 Å². The van der Waals surface area contributed by atoms with Gasteiger partial charge in [-0.3, -0.25) is 4.79 Å². The third-order valence-electron chi connectivity index (χ3n) is 4.89. The van der Waals surface area contributed by atoms with Crippen LogP contribution < -0.4 is 5.11 Å². The van der Waals surface area contributed by atoms with Gasteiger partial charge in [-0.15, -0.1) is 11.8 Å². The molecule has 1 amide bonds. The molecule has 2 atom stereocenters. The summed E-state index contributed by atoms with van der Waals surface area (Å²) in [6, 6.07) is 6.52. The zero-order valence-electron chi connectivity index (χ0n) is 13.4. The molecule has 0 radical (unpaired) electrons. The normalized spacial score (nSPS) is 25.5. The molecule has 1 aliphatic carbocycles. The van der Waals surface area contributed by atoms with Crippen molar-refractivity contribution >= 4 is 23.6 Å². The molecule has 2 aliphatic rings. The third kappa shape index (κ3) is 3.39. The van der Waals surface area contributed by atoms with Crippen molar-refractivity contribution in [2.45, 2.75) is 50.4 Å². The van der Waals surface area contributed by atoms with Gasteiger partial charge in [0, 0.05) is 11.3 Å². The predicted octanol–water partition coefficient (Wildman–Crippen LogP) is 2.21. The first-order valence-electron chi connectivity index (χ1n) is 8.29. The van der Waals surface area contributed by atoms with Gasteiger partial charge in [0.15, 0.2) is 0 Å². The molecule has 0 spiro atoms. The summed E-state index contributed by atoms with van der Waals surface area (Å²) in [4.78, 5) is 26.0. The van der Waals surface area contributed by atoms with E-state index in [0.29, 0.717) is 17.2 Å². The summed E-state index contributed by atoms with van der Waals surface area (Å²) in [5.41, 5.74) is 1.64. The van der Waals surface area contributed by atoms with Gasteiger partial charge in [0.2, 0.25) is 0 Å². The number of aliphatic carboxylic acids is 1. The third-order valence-corrected chi connectivity index (χ3v) is 6.35. The van der Waals surface area contributed by atoms with Gasteiger partial charge in [-0.1, -0.05) is 37.0 Å². The number of benzene rings is 1. The highest BCUT2D eigenvalue weighted by Gasteiger charge is 2.42. The largest absolute Gasteiger partial charge is 0.548 e. The maximum Gasteiger partial charge on any atom is 0.255 e. The average molecular weight is 332 g/mol. The molecule has 0 N–H and O–H groups in total. The van der Waals surface area contributed by atoms with E-state index in [4.69, 9.17) is 0 Å². The SMILES string of the molecule is Cc1ccc(C(=O)N2[C@@H](C(=O)[O-])CS[C@@H]2C2CCCCC2)cc1. The molecule has 0 bridgehead atoms. The van der Waals surface area contributed by atoms with Crippen LogP contribution in [0.1, 0.15) is 48.0 Å². The maximum atomic E-state index is 12.9. The number of aryl methyl sites for hydroxylation is 1. The fourth-order valence-corrected chi connectivity index (χ4v) is 5.22. The summed E-state index contributed by atoms with van der Waals surface area (Å²) in [6.45, 7) is 1.97. The van der Waals surface area contributed by atoms with E-state index in [-0.39, 0.29) is 11.3 Å². The van der Waals surface area contributed by atoms with Crippen molar-refractivity contribution in [2.75, 3.05) is 5.75 Å². The van der Waals surface area contributed by atoms with Gasteiger partial charge in [0.25, 0.3) is 5.91 Å². The van der Waals surface area contributed by atoms with E-state index in [1.807, 2.05) is 19.1 Å². The predicted molar refractivity (Wildman–Crippen MR) is 89.0 cm³/mol. The van der Waals surface area contributed by atoms with Crippen LogP contribution >= 0.6 is 11.8 Å². The van der Waals surface area contributed by atoms with Crippen LogP contribution in [-0.4, -0.2) is 33.9 Å². The minimum absolute atomic E-state index is 0.0352. The van der Waals surface area contributed by atoms with Crippen molar-refractivity contribution in [3.63, 3.8) is 0 Å². The second-order valence-corrected chi connectivity index (χ2v) is 7.68. The van der Waals surface area contributed by atoms with Gasteiger partial charge < -0.3 is 14.8 Å². The number of carbonyl (C=O) groups excluding carboxylic acids is 2. The molecule has 1 saturated carbocycles. The van der Waals surface area contributed by atoms with Gasteiger partial charge in [0.1, 0.15) is 0 Å². The number of carbonyl (C=O) groups is 2. The molecular formula is C18H22NO3S-. The first-order chi connectivity index (χ1) is 11.1. The van der Waals surface area contributed by atoms with Crippen LogP contribution in [-0.2, 0) is 4.79 Å². The molecule has 1 saturated heterocycles. The summed E-state index contributed by atoms with van der Waals surface area (Å²) < 4.78 is 0. The Morgan fingerprint density at radius 3 is 2.39 bits per heavy atom. The number of rotatable bonds is 3. The first-order valence-corrected chi connectivity index (χ1v) is 9.34. The van der Waals surface area contributed by atoms with Crippen LogP contribution in [0.2, 0.25) is 0 Å². The first kappa shape index (κ1) is 16.4. The lowest BCUT2D eigenvalue weighted by molar-refractivity contribution is -0.310. The Kier molecular flexibility index (Phi) is 4.95. The molecule has 1 aliphatic heterocycles. The van der Waals surface area contributed by atoms with Crippen molar-refractivity contribution in [3.8, 4) is 0 Å². The summed E-state index contributed by atoms with van der Waals surface area (Å²) in [6.07, 6.45) is 5.74. The lowest BCUT2D eigenvalue weighted by Crippen LogP contribution is -2.52. The van der Waals surface area contributed by atoms with Crippen LogP contribution in [0.25, 0.3) is 0 Å². The summed E-state index contributed by atoms with van der Waals surface area (Å²) >= 11 is 1.60. The zero-order valence-corrected chi connectivity index (χ0v) is 14.2. The minimum atomic E-state index is -1.14. The van der Waals surface area contributed by atoms with E-state index in [0.717, 1.165) is 18.4 Å². The molecule has 0 aromatic heterocycles. The minimum Gasteiger partial charge on any atom is -0.548 e. The van der Waals surface area contributed by atoms with Gasteiger partial charge in [0.05, 0.1) is 17.4 Å². The number of carboxylic acid groups (broad SMARTS) is 1. The van der Waals surface area contributed by atoms with Crippen LogP contribution in [0.3, 0.4) is 0 Å². The summed E-state index contributed by atoms with van der Waals surface area (Å²) in [5.74, 6) is -0.496. The molecular weight excluding hydrogens is 310 g/mol. The molecule has 3 rings (SSSR count). The fourth-order valence-electron chi connectivity index (χ4n) is 3.59.